The van der Waals surface area contributed by atoms with E-state index in [1.807, 2.05) is 27.7 Å². The Bertz CT molecular complexity index is 709. The monoisotopic (exact) mass is 679 g/mol. The van der Waals surface area contributed by atoms with Gasteiger partial charge in [-0.2, -0.15) is 0 Å². The number of rotatable bonds is 36. The molecule has 0 amide bonds. The average molecular weight is 679 g/mol. The van der Waals surface area contributed by atoms with Crippen LogP contribution in [-0.2, 0) is 23.9 Å². The zero-order valence-electron chi connectivity index (χ0n) is 33.2. The predicted octanol–water partition coefficient (Wildman–Crippen LogP) is 13.4. The number of hydrogen-bond donors (Lipinski definition) is 0. The third-order valence-electron chi connectivity index (χ3n) is 10.1. The van der Waals surface area contributed by atoms with Crippen molar-refractivity contribution in [3.63, 3.8) is 0 Å². The average Bonchev–Trinajstić information content (AvgIpc) is 3.05. The first kappa shape index (κ1) is 46.6. The van der Waals surface area contributed by atoms with Crippen LogP contribution in [0.5, 0.6) is 0 Å². The Labute approximate surface area is 299 Å². The Kier molecular flexibility index (Phi) is 30.7. The number of carbonyl (C=O) groups is 3. The lowest BCUT2D eigenvalue weighted by Gasteiger charge is -2.22. The Morgan fingerprint density at radius 3 is 0.958 bits per heavy atom. The second-order valence-corrected chi connectivity index (χ2v) is 16.1. The van der Waals surface area contributed by atoms with E-state index in [1.165, 1.54) is 103 Å². The first-order valence-corrected chi connectivity index (χ1v) is 20.9. The van der Waals surface area contributed by atoms with Crippen LogP contribution in [0.4, 0.5) is 0 Å². The molecule has 0 fully saturated rings. The van der Waals surface area contributed by atoms with E-state index in [2.05, 4.69) is 13.8 Å². The lowest BCUT2D eigenvalue weighted by Crippen LogP contribution is -2.27. The summed E-state index contributed by atoms with van der Waals surface area (Å²) in [5, 5.41) is 0. The van der Waals surface area contributed by atoms with Gasteiger partial charge in [0.15, 0.2) is 0 Å². The summed E-state index contributed by atoms with van der Waals surface area (Å²) < 4.78 is 11.2. The fourth-order valence-corrected chi connectivity index (χ4v) is 6.36. The molecule has 0 aliphatic heterocycles. The van der Waals surface area contributed by atoms with Gasteiger partial charge in [-0.25, -0.2) is 0 Å². The number of unbranched alkanes of at least 4 members (excludes halogenated alkanes) is 22. The van der Waals surface area contributed by atoms with Crippen molar-refractivity contribution in [3.8, 4) is 0 Å². The number of ketones is 1. The molecule has 0 spiro atoms. The highest BCUT2D eigenvalue weighted by Gasteiger charge is 2.29. The summed E-state index contributed by atoms with van der Waals surface area (Å²) in [6, 6.07) is 0. The van der Waals surface area contributed by atoms with Crippen molar-refractivity contribution in [1.82, 2.24) is 0 Å². The van der Waals surface area contributed by atoms with Gasteiger partial charge >= 0.3 is 11.9 Å². The van der Waals surface area contributed by atoms with Crippen LogP contribution in [-0.4, -0.2) is 30.9 Å². The molecule has 0 saturated carbocycles. The lowest BCUT2D eigenvalue weighted by molar-refractivity contribution is -0.155. The van der Waals surface area contributed by atoms with Gasteiger partial charge in [-0.05, 0) is 66.2 Å². The summed E-state index contributed by atoms with van der Waals surface area (Å²) in [6.07, 6.45) is 33.9. The smallest absolute Gasteiger partial charge is 0.311 e. The van der Waals surface area contributed by atoms with Crippen LogP contribution in [0.25, 0.3) is 0 Å². The molecule has 0 rings (SSSR count). The quantitative estimate of drug-likeness (QED) is 0.0487. The molecule has 5 heteroatoms. The van der Waals surface area contributed by atoms with Gasteiger partial charge in [0.25, 0.3) is 0 Å². The SMILES string of the molecule is CCCCCCCCCCCCOC(=O)C(C)(C)CCCCCC(=O)CCCCCC(C)(C)C(=O)OCCCCCCCCCCCC. The maximum Gasteiger partial charge on any atom is 0.311 e. The Hall–Kier alpha value is -1.39. The number of Topliss-reactive ketones (excluding diaryl/α,β-unsaturated/α-hetero) is 1. The van der Waals surface area contributed by atoms with Crippen LogP contribution in [0, 0.1) is 10.8 Å². The van der Waals surface area contributed by atoms with Crippen molar-refractivity contribution >= 4 is 17.7 Å². The normalized spacial score (nSPS) is 12.0. The highest BCUT2D eigenvalue weighted by Crippen LogP contribution is 2.27. The van der Waals surface area contributed by atoms with Crippen LogP contribution in [0.15, 0.2) is 0 Å². The molecule has 0 bridgehead atoms. The summed E-state index contributed by atoms with van der Waals surface area (Å²) in [6.45, 7) is 13.5. The molecular weight excluding hydrogens is 596 g/mol. The summed E-state index contributed by atoms with van der Waals surface area (Å²) in [7, 11) is 0. The van der Waals surface area contributed by atoms with Crippen LogP contribution < -0.4 is 0 Å². The molecule has 0 N–H and O–H groups in total. The highest BCUT2D eigenvalue weighted by atomic mass is 16.5. The topological polar surface area (TPSA) is 69.7 Å². The van der Waals surface area contributed by atoms with E-state index in [4.69, 9.17) is 9.47 Å². The Morgan fingerprint density at radius 2 is 0.646 bits per heavy atom. The van der Waals surface area contributed by atoms with Gasteiger partial charge < -0.3 is 9.47 Å². The number of carbonyl (C=O) groups excluding carboxylic acids is 3. The second-order valence-electron chi connectivity index (χ2n) is 16.1. The van der Waals surface area contributed by atoms with Crippen molar-refractivity contribution in [3.05, 3.63) is 0 Å². The largest absolute Gasteiger partial charge is 0.465 e. The van der Waals surface area contributed by atoms with E-state index < -0.39 is 10.8 Å². The fourth-order valence-electron chi connectivity index (χ4n) is 6.36. The third kappa shape index (κ3) is 28.4. The zero-order valence-corrected chi connectivity index (χ0v) is 33.2. The van der Waals surface area contributed by atoms with Gasteiger partial charge in [-0.15, -0.1) is 0 Å². The zero-order chi connectivity index (χ0) is 35.8. The van der Waals surface area contributed by atoms with Gasteiger partial charge in [0.1, 0.15) is 5.78 Å². The van der Waals surface area contributed by atoms with Gasteiger partial charge in [-0.1, -0.05) is 155 Å². The van der Waals surface area contributed by atoms with Crippen LogP contribution in [0.1, 0.15) is 234 Å². The molecule has 0 heterocycles. The number of esters is 2. The number of hydrogen-bond acceptors (Lipinski definition) is 5. The van der Waals surface area contributed by atoms with E-state index >= 15 is 0 Å². The van der Waals surface area contributed by atoms with E-state index in [9.17, 15) is 14.4 Å². The van der Waals surface area contributed by atoms with Crippen molar-refractivity contribution in [2.75, 3.05) is 13.2 Å². The highest BCUT2D eigenvalue weighted by molar-refractivity contribution is 5.78. The molecule has 284 valence electrons. The van der Waals surface area contributed by atoms with Gasteiger partial charge in [0.05, 0.1) is 24.0 Å². The third-order valence-corrected chi connectivity index (χ3v) is 10.1. The standard InChI is InChI=1S/C43H82O5/c1-7-9-11-13-15-17-19-21-23-31-37-47-40(45)42(3,4)35-29-25-27-33-39(44)34-28-26-30-36-43(5,6)41(46)48-38-32-24-22-20-18-16-14-12-10-8-2/h7-38H2,1-6H3. The second kappa shape index (κ2) is 31.6. The molecule has 0 atom stereocenters. The summed E-state index contributed by atoms with van der Waals surface area (Å²) >= 11 is 0. The predicted molar refractivity (Wildman–Crippen MR) is 204 cm³/mol. The minimum Gasteiger partial charge on any atom is -0.465 e. The fraction of sp³-hybridized carbons (Fsp3) is 0.930. The first-order valence-electron chi connectivity index (χ1n) is 20.9. The van der Waals surface area contributed by atoms with E-state index in [1.54, 1.807) is 0 Å². The minimum atomic E-state index is -0.463. The van der Waals surface area contributed by atoms with Crippen molar-refractivity contribution < 1.29 is 23.9 Å². The molecule has 48 heavy (non-hydrogen) atoms. The summed E-state index contributed by atoms with van der Waals surface area (Å²) in [5.41, 5.74) is -0.925. The van der Waals surface area contributed by atoms with Gasteiger partial charge in [-0.3, -0.25) is 14.4 Å². The number of ether oxygens (including phenoxy) is 2. The van der Waals surface area contributed by atoms with Gasteiger partial charge in [0.2, 0.25) is 0 Å². The molecule has 0 unspecified atom stereocenters. The van der Waals surface area contributed by atoms with E-state index in [-0.39, 0.29) is 11.9 Å². The molecule has 5 nitrogen and oxygen atoms in total. The van der Waals surface area contributed by atoms with E-state index in [0.717, 1.165) is 77.0 Å². The maximum atomic E-state index is 12.6. The summed E-state index contributed by atoms with van der Waals surface area (Å²) in [5.74, 6) is 0.167. The Morgan fingerprint density at radius 1 is 0.375 bits per heavy atom. The van der Waals surface area contributed by atoms with Crippen molar-refractivity contribution in [2.24, 2.45) is 10.8 Å². The van der Waals surface area contributed by atoms with Crippen LogP contribution >= 0.6 is 0 Å². The Balaban J connectivity index is 3.75. The molecule has 0 aromatic rings. The maximum absolute atomic E-state index is 12.6. The summed E-state index contributed by atoms with van der Waals surface area (Å²) in [4.78, 5) is 37.6. The lowest BCUT2D eigenvalue weighted by atomic mass is 9.86. The molecule has 0 aliphatic carbocycles. The van der Waals surface area contributed by atoms with E-state index in [0.29, 0.717) is 31.8 Å². The molecule has 0 aliphatic rings. The first-order chi connectivity index (χ1) is 23.1. The van der Waals surface area contributed by atoms with Crippen LogP contribution in [0.2, 0.25) is 0 Å². The minimum absolute atomic E-state index is 0.0833. The van der Waals surface area contributed by atoms with Crippen molar-refractivity contribution in [1.29, 1.82) is 0 Å². The molecule has 0 radical (unpaired) electrons. The van der Waals surface area contributed by atoms with Crippen molar-refractivity contribution in [2.45, 2.75) is 234 Å². The van der Waals surface area contributed by atoms with Gasteiger partial charge in [0, 0.05) is 12.8 Å². The molecular formula is C43H82O5. The molecule has 0 aromatic heterocycles. The molecule has 0 aromatic carbocycles. The molecule has 0 saturated heterocycles. The van der Waals surface area contributed by atoms with Crippen LogP contribution in [0.3, 0.4) is 0 Å².